The molecule has 1 amide bonds. The van der Waals surface area contributed by atoms with Crippen LogP contribution in [-0.2, 0) is 4.79 Å². The van der Waals surface area contributed by atoms with E-state index < -0.39 is 0 Å². The molecule has 1 N–H and O–H groups in total. The van der Waals surface area contributed by atoms with Gasteiger partial charge in [-0.1, -0.05) is 6.42 Å². The average molecular weight is 345 g/mol. The number of anilines is 1. The minimum atomic E-state index is 0.117. The number of hydrogen-bond acceptors (Lipinski definition) is 5. The van der Waals surface area contributed by atoms with Gasteiger partial charge in [-0.15, -0.1) is 0 Å². The standard InChI is InChI=1S/C19H31N5O/c1-15-6-3-4-11-24(15)16(2)14-22-18(25)17-7-12-23(13-8-17)19-20-9-5-10-21-19/h5,9-10,15-17H,3-4,6-8,11-14H2,1-2H3,(H,22,25)/t15-,16-/m1/s1. The van der Waals surface area contributed by atoms with Crippen LogP contribution >= 0.6 is 0 Å². The first-order valence-corrected chi connectivity index (χ1v) is 9.70. The third kappa shape index (κ3) is 4.69. The fourth-order valence-electron chi connectivity index (χ4n) is 4.08. The monoisotopic (exact) mass is 345 g/mol. The highest BCUT2D eigenvalue weighted by atomic mass is 16.1. The number of aromatic nitrogens is 2. The summed E-state index contributed by atoms with van der Waals surface area (Å²) in [6.45, 7) is 8.15. The summed E-state index contributed by atoms with van der Waals surface area (Å²) in [5, 5.41) is 3.19. The van der Waals surface area contributed by atoms with Crippen LogP contribution in [-0.4, -0.2) is 59.0 Å². The van der Waals surface area contributed by atoms with Crippen molar-refractivity contribution in [1.29, 1.82) is 0 Å². The highest BCUT2D eigenvalue weighted by molar-refractivity contribution is 5.79. The van der Waals surface area contributed by atoms with Crippen molar-refractivity contribution in [1.82, 2.24) is 20.2 Å². The highest BCUT2D eigenvalue weighted by Crippen LogP contribution is 2.21. The van der Waals surface area contributed by atoms with Gasteiger partial charge >= 0.3 is 0 Å². The zero-order valence-corrected chi connectivity index (χ0v) is 15.5. The lowest BCUT2D eigenvalue weighted by atomic mass is 9.96. The van der Waals surface area contributed by atoms with Gasteiger partial charge in [-0.25, -0.2) is 9.97 Å². The quantitative estimate of drug-likeness (QED) is 0.885. The van der Waals surface area contributed by atoms with Gasteiger partial charge in [-0.2, -0.15) is 0 Å². The number of piperidine rings is 2. The molecule has 1 aromatic heterocycles. The molecule has 0 bridgehead atoms. The Balaban J connectivity index is 1.42. The number of likely N-dealkylation sites (tertiary alicyclic amines) is 1. The molecule has 2 saturated heterocycles. The number of nitrogens with one attached hydrogen (secondary N) is 1. The van der Waals surface area contributed by atoms with E-state index in [4.69, 9.17) is 0 Å². The number of carbonyl (C=O) groups excluding carboxylic acids is 1. The van der Waals surface area contributed by atoms with Gasteiger partial charge in [0.25, 0.3) is 0 Å². The maximum absolute atomic E-state index is 12.5. The van der Waals surface area contributed by atoms with Gasteiger partial charge in [0, 0.05) is 50.0 Å². The minimum Gasteiger partial charge on any atom is -0.354 e. The van der Waals surface area contributed by atoms with Gasteiger partial charge < -0.3 is 10.2 Å². The fourth-order valence-corrected chi connectivity index (χ4v) is 4.08. The van der Waals surface area contributed by atoms with Crippen LogP contribution in [0.15, 0.2) is 18.5 Å². The smallest absolute Gasteiger partial charge is 0.225 e. The number of hydrogen-bond donors (Lipinski definition) is 1. The Morgan fingerprint density at radius 2 is 1.92 bits per heavy atom. The number of carbonyl (C=O) groups is 1. The van der Waals surface area contributed by atoms with Crippen molar-refractivity contribution in [2.45, 2.75) is 58.0 Å². The molecule has 6 heteroatoms. The highest BCUT2D eigenvalue weighted by Gasteiger charge is 2.27. The summed E-state index contributed by atoms with van der Waals surface area (Å²) in [5.74, 6) is 1.10. The Hall–Kier alpha value is -1.69. The summed E-state index contributed by atoms with van der Waals surface area (Å²) >= 11 is 0. The first-order chi connectivity index (χ1) is 12.1. The Morgan fingerprint density at radius 3 is 2.60 bits per heavy atom. The Labute approximate surface area is 151 Å². The second-order valence-electron chi connectivity index (χ2n) is 7.49. The number of amides is 1. The van der Waals surface area contributed by atoms with Gasteiger partial charge in [0.1, 0.15) is 0 Å². The van der Waals surface area contributed by atoms with Crippen LogP contribution in [0.1, 0.15) is 46.0 Å². The van der Waals surface area contributed by atoms with Crippen LogP contribution in [0.3, 0.4) is 0 Å². The predicted octanol–water partition coefficient (Wildman–Crippen LogP) is 2.07. The summed E-state index contributed by atoms with van der Waals surface area (Å²) < 4.78 is 0. The van der Waals surface area contributed by atoms with E-state index >= 15 is 0 Å². The van der Waals surface area contributed by atoms with Gasteiger partial charge in [0.2, 0.25) is 11.9 Å². The molecule has 2 atom stereocenters. The van der Waals surface area contributed by atoms with Crippen molar-refractivity contribution in [3.63, 3.8) is 0 Å². The predicted molar refractivity (Wildman–Crippen MR) is 99.5 cm³/mol. The lowest BCUT2D eigenvalue weighted by molar-refractivity contribution is -0.125. The molecule has 0 spiro atoms. The van der Waals surface area contributed by atoms with Crippen molar-refractivity contribution in [3.05, 3.63) is 18.5 Å². The van der Waals surface area contributed by atoms with Crippen LogP contribution in [0.4, 0.5) is 5.95 Å². The maximum Gasteiger partial charge on any atom is 0.225 e. The van der Waals surface area contributed by atoms with Gasteiger partial charge in [0.05, 0.1) is 0 Å². The van der Waals surface area contributed by atoms with E-state index in [1.165, 1.54) is 19.3 Å². The van der Waals surface area contributed by atoms with Gasteiger partial charge in [-0.3, -0.25) is 9.69 Å². The fraction of sp³-hybridized carbons (Fsp3) is 0.737. The molecule has 2 aliphatic heterocycles. The van der Waals surface area contributed by atoms with Gasteiger partial charge in [0.15, 0.2) is 0 Å². The first kappa shape index (κ1) is 18.1. The Morgan fingerprint density at radius 1 is 1.20 bits per heavy atom. The molecular formula is C19H31N5O. The molecular weight excluding hydrogens is 314 g/mol. The van der Waals surface area contributed by atoms with Crippen molar-refractivity contribution in [2.24, 2.45) is 5.92 Å². The SMILES string of the molecule is C[C@@H]1CCCCN1[C@H](C)CNC(=O)C1CCN(c2ncccn2)CC1. The summed E-state index contributed by atoms with van der Waals surface area (Å²) in [6.07, 6.45) is 9.17. The third-order valence-corrected chi connectivity index (χ3v) is 5.69. The van der Waals surface area contributed by atoms with Crippen molar-refractivity contribution >= 4 is 11.9 Å². The van der Waals surface area contributed by atoms with Crippen LogP contribution in [0.5, 0.6) is 0 Å². The first-order valence-electron chi connectivity index (χ1n) is 9.70. The Bertz CT molecular complexity index is 544. The topological polar surface area (TPSA) is 61.4 Å². The normalized spacial score (nSPS) is 24.1. The average Bonchev–Trinajstić information content (AvgIpc) is 2.67. The molecule has 6 nitrogen and oxygen atoms in total. The maximum atomic E-state index is 12.5. The summed E-state index contributed by atoms with van der Waals surface area (Å²) in [4.78, 5) is 25.8. The molecule has 0 aromatic carbocycles. The van der Waals surface area contributed by atoms with Gasteiger partial charge in [-0.05, 0) is 52.1 Å². The lowest BCUT2D eigenvalue weighted by Gasteiger charge is -2.38. The zero-order valence-electron chi connectivity index (χ0n) is 15.5. The van der Waals surface area contributed by atoms with E-state index in [-0.39, 0.29) is 11.8 Å². The van der Waals surface area contributed by atoms with Crippen LogP contribution in [0, 0.1) is 5.92 Å². The molecule has 0 aliphatic carbocycles. The zero-order chi connectivity index (χ0) is 17.6. The molecule has 0 unspecified atom stereocenters. The van der Waals surface area contributed by atoms with Crippen molar-refractivity contribution < 1.29 is 4.79 Å². The minimum absolute atomic E-state index is 0.117. The molecule has 1 aromatic rings. The lowest BCUT2D eigenvalue weighted by Crippen LogP contribution is -2.49. The number of nitrogens with zero attached hydrogens (tertiary/aromatic N) is 4. The molecule has 0 radical (unpaired) electrons. The van der Waals surface area contributed by atoms with Crippen LogP contribution in [0.2, 0.25) is 0 Å². The second-order valence-corrected chi connectivity index (χ2v) is 7.49. The van der Waals surface area contributed by atoms with E-state index in [9.17, 15) is 4.79 Å². The third-order valence-electron chi connectivity index (χ3n) is 5.69. The summed E-state index contributed by atoms with van der Waals surface area (Å²) in [5.41, 5.74) is 0. The summed E-state index contributed by atoms with van der Waals surface area (Å²) in [7, 11) is 0. The van der Waals surface area contributed by atoms with E-state index in [0.29, 0.717) is 12.1 Å². The number of rotatable bonds is 5. The molecule has 0 saturated carbocycles. The molecule has 2 aliphatic rings. The van der Waals surface area contributed by atoms with E-state index in [0.717, 1.165) is 45.0 Å². The second kappa shape index (κ2) is 8.61. The largest absolute Gasteiger partial charge is 0.354 e. The van der Waals surface area contributed by atoms with Crippen molar-refractivity contribution in [2.75, 3.05) is 31.1 Å². The molecule has 2 fully saturated rings. The van der Waals surface area contributed by atoms with E-state index in [2.05, 4.69) is 38.9 Å². The van der Waals surface area contributed by atoms with E-state index in [1.54, 1.807) is 12.4 Å². The Kier molecular flexibility index (Phi) is 6.24. The van der Waals surface area contributed by atoms with Crippen molar-refractivity contribution in [3.8, 4) is 0 Å². The van der Waals surface area contributed by atoms with E-state index in [1.807, 2.05) is 6.07 Å². The molecule has 3 rings (SSSR count). The van der Waals surface area contributed by atoms with Crippen LogP contribution < -0.4 is 10.2 Å². The molecule has 138 valence electrons. The molecule has 25 heavy (non-hydrogen) atoms. The summed E-state index contributed by atoms with van der Waals surface area (Å²) in [6, 6.07) is 2.88. The molecule has 3 heterocycles. The van der Waals surface area contributed by atoms with Crippen LogP contribution in [0.25, 0.3) is 0 Å².